The van der Waals surface area contributed by atoms with E-state index in [1.165, 1.54) is 6.42 Å². The molecule has 2 rings (SSSR count). The second kappa shape index (κ2) is 4.27. The Morgan fingerprint density at radius 1 is 1.44 bits per heavy atom. The Balaban J connectivity index is 2.47. The molecule has 0 atom stereocenters. The van der Waals surface area contributed by atoms with Crippen molar-refractivity contribution in [2.75, 3.05) is 13.7 Å². The van der Waals surface area contributed by atoms with E-state index < -0.39 is 0 Å². The van der Waals surface area contributed by atoms with E-state index in [2.05, 4.69) is 6.07 Å². The third kappa shape index (κ3) is 1.70. The van der Waals surface area contributed by atoms with E-state index in [4.69, 9.17) is 22.1 Å². The highest BCUT2D eigenvalue weighted by atomic mass is 35.5. The molecule has 2 N–H and O–H groups in total. The van der Waals surface area contributed by atoms with Gasteiger partial charge in [-0.1, -0.05) is 18.0 Å². The van der Waals surface area contributed by atoms with Crippen molar-refractivity contribution < 1.29 is 4.74 Å². The Morgan fingerprint density at radius 3 is 2.56 bits per heavy atom. The molecule has 0 bridgehead atoms. The lowest BCUT2D eigenvalue weighted by Gasteiger charge is -2.42. The van der Waals surface area contributed by atoms with Crippen LogP contribution >= 0.6 is 11.6 Å². The summed E-state index contributed by atoms with van der Waals surface area (Å²) in [5.41, 5.74) is 8.22. The zero-order valence-corrected chi connectivity index (χ0v) is 10.6. The number of rotatable bonds is 3. The summed E-state index contributed by atoms with van der Waals surface area (Å²) in [7, 11) is 1.69. The first-order chi connectivity index (χ1) is 7.63. The van der Waals surface area contributed by atoms with E-state index in [1.54, 1.807) is 7.11 Å². The topological polar surface area (TPSA) is 35.2 Å². The van der Waals surface area contributed by atoms with E-state index in [0.29, 0.717) is 6.54 Å². The number of hydrogen-bond donors (Lipinski definition) is 1. The Kier molecular flexibility index (Phi) is 3.13. The minimum atomic E-state index is 0.0953. The molecule has 0 radical (unpaired) electrons. The van der Waals surface area contributed by atoms with Crippen molar-refractivity contribution in [2.45, 2.75) is 31.6 Å². The molecule has 0 unspecified atom stereocenters. The summed E-state index contributed by atoms with van der Waals surface area (Å²) >= 11 is 6.32. The molecule has 0 amide bonds. The highest BCUT2D eigenvalue weighted by Crippen LogP contribution is 2.46. The second-order valence-corrected chi connectivity index (χ2v) is 5.05. The Hall–Kier alpha value is -0.730. The van der Waals surface area contributed by atoms with Crippen molar-refractivity contribution in [3.8, 4) is 5.75 Å². The maximum atomic E-state index is 6.32. The van der Waals surface area contributed by atoms with Gasteiger partial charge in [0.2, 0.25) is 0 Å². The molecule has 0 aromatic heterocycles. The summed E-state index contributed by atoms with van der Waals surface area (Å²) in [6.07, 6.45) is 3.51. The maximum absolute atomic E-state index is 6.32. The molecular weight excluding hydrogens is 222 g/mol. The smallest absolute Gasteiger partial charge is 0.122 e. The zero-order chi connectivity index (χ0) is 11.8. The largest absolute Gasteiger partial charge is 0.496 e. The van der Waals surface area contributed by atoms with Gasteiger partial charge in [-0.15, -0.1) is 0 Å². The predicted molar refractivity (Wildman–Crippen MR) is 67.3 cm³/mol. The number of benzene rings is 1. The third-order valence-electron chi connectivity index (χ3n) is 3.76. The molecule has 1 aromatic rings. The van der Waals surface area contributed by atoms with Gasteiger partial charge in [-0.25, -0.2) is 0 Å². The van der Waals surface area contributed by atoms with Gasteiger partial charge in [0, 0.05) is 17.0 Å². The van der Waals surface area contributed by atoms with Gasteiger partial charge in [0.1, 0.15) is 5.75 Å². The van der Waals surface area contributed by atoms with Gasteiger partial charge in [-0.2, -0.15) is 0 Å². The standard InChI is InChI=1S/C13H18ClNO/c1-9-6-11(14)10(7-12(9)16-2)13(8-15)4-3-5-13/h6-7H,3-5,8,15H2,1-2H3. The van der Waals surface area contributed by atoms with Gasteiger partial charge >= 0.3 is 0 Å². The second-order valence-electron chi connectivity index (χ2n) is 4.64. The first-order valence-electron chi connectivity index (χ1n) is 5.67. The Morgan fingerprint density at radius 2 is 2.12 bits per heavy atom. The number of hydrogen-bond acceptors (Lipinski definition) is 2. The molecule has 1 aliphatic rings. The number of halogens is 1. The van der Waals surface area contributed by atoms with Crippen molar-refractivity contribution in [3.05, 3.63) is 28.3 Å². The van der Waals surface area contributed by atoms with Crippen LogP contribution in [0, 0.1) is 6.92 Å². The molecule has 16 heavy (non-hydrogen) atoms. The third-order valence-corrected chi connectivity index (χ3v) is 4.07. The van der Waals surface area contributed by atoms with Gasteiger partial charge in [0.15, 0.2) is 0 Å². The van der Waals surface area contributed by atoms with Crippen LogP contribution in [-0.2, 0) is 5.41 Å². The Bertz CT molecular complexity index is 394. The van der Waals surface area contributed by atoms with Crippen molar-refractivity contribution in [2.24, 2.45) is 5.73 Å². The monoisotopic (exact) mass is 239 g/mol. The lowest BCUT2D eigenvalue weighted by molar-refractivity contribution is 0.252. The molecule has 1 saturated carbocycles. The van der Waals surface area contributed by atoms with Crippen molar-refractivity contribution >= 4 is 11.6 Å². The minimum Gasteiger partial charge on any atom is -0.496 e. The van der Waals surface area contributed by atoms with E-state index in [1.807, 2.05) is 13.0 Å². The molecule has 1 aromatic carbocycles. The summed E-state index contributed by atoms with van der Waals surface area (Å²) in [6, 6.07) is 4.04. The number of methoxy groups -OCH3 is 1. The van der Waals surface area contributed by atoms with Gasteiger partial charge in [-0.05, 0) is 43.0 Å². The van der Waals surface area contributed by atoms with Gasteiger partial charge in [0.05, 0.1) is 7.11 Å². The summed E-state index contributed by atoms with van der Waals surface area (Å²) in [6.45, 7) is 2.67. The quantitative estimate of drug-likeness (QED) is 0.880. The zero-order valence-electron chi connectivity index (χ0n) is 9.85. The summed E-state index contributed by atoms with van der Waals surface area (Å²) in [5, 5.41) is 0.823. The highest BCUT2D eigenvalue weighted by Gasteiger charge is 2.39. The summed E-state index contributed by atoms with van der Waals surface area (Å²) in [5.74, 6) is 0.902. The van der Waals surface area contributed by atoms with Crippen molar-refractivity contribution in [3.63, 3.8) is 0 Å². The van der Waals surface area contributed by atoms with E-state index in [9.17, 15) is 0 Å². The summed E-state index contributed by atoms with van der Waals surface area (Å²) in [4.78, 5) is 0. The molecule has 0 saturated heterocycles. The van der Waals surface area contributed by atoms with E-state index in [-0.39, 0.29) is 5.41 Å². The van der Waals surface area contributed by atoms with Crippen LogP contribution in [0.4, 0.5) is 0 Å². The molecule has 1 fully saturated rings. The number of ether oxygens (including phenoxy) is 1. The highest BCUT2D eigenvalue weighted by molar-refractivity contribution is 6.31. The molecule has 1 aliphatic carbocycles. The average Bonchev–Trinajstić information content (AvgIpc) is 2.20. The van der Waals surface area contributed by atoms with Crippen LogP contribution in [-0.4, -0.2) is 13.7 Å². The van der Waals surface area contributed by atoms with E-state index >= 15 is 0 Å². The molecule has 0 aliphatic heterocycles. The summed E-state index contributed by atoms with van der Waals surface area (Å²) < 4.78 is 5.35. The lowest BCUT2D eigenvalue weighted by Crippen LogP contribution is -2.41. The SMILES string of the molecule is COc1cc(C2(CN)CCC2)c(Cl)cc1C. The lowest BCUT2D eigenvalue weighted by atomic mass is 9.64. The fourth-order valence-electron chi connectivity index (χ4n) is 2.47. The van der Waals surface area contributed by atoms with Crippen LogP contribution in [0.15, 0.2) is 12.1 Å². The fourth-order valence-corrected chi connectivity index (χ4v) is 2.88. The van der Waals surface area contributed by atoms with Gasteiger partial charge in [-0.3, -0.25) is 0 Å². The first kappa shape index (κ1) is 11.7. The normalized spacial score (nSPS) is 18.0. The molecule has 0 spiro atoms. The predicted octanol–water partition coefficient (Wildman–Crippen LogP) is 3.04. The van der Waals surface area contributed by atoms with Crippen LogP contribution < -0.4 is 10.5 Å². The number of nitrogens with two attached hydrogens (primary N) is 1. The molecule has 0 heterocycles. The van der Waals surface area contributed by atoms with Crippen LogP contribution in [0.5, 0.6) is 5.75 Å². The van der Waals surface area contributed by atoms with E-state index in [0.717, 1.165) is 34.7 Å². The van der Waals surface area contributed by atoms with Crippen LogP contribution in [0.1, 0.15) is 30.4 Å². The Labute approximate surface area is 102 Å². The molecule has 2 nitrogen and oxygen atoms in total. The molecule has 3 heteroatoms. The molecule has 88 valence electrons. The van der Waals surface area contributed by atoms with Gasteiger partial charge in [0.25, 0.3) is 0 Å². The van der Waals surface area contributed by atoms with Gasteiger partial charge < -0.3 is 10.5 Å². The number of aryl methyl sites for hydroxylation is 1. The maximum Gasteiger partial charge on any atom is 0.122 e. The first-order valence-corrected chi connectivity index (χ1v) is 6.05. The van der Waals surface area contributed by atoms with Crippen molar-refractivity contribution in [1.82, 2.24) is 0 Å². The van der Waals surface area contributed by atoms with Crippen molar-refractivity contribution in [1.29, 1.82) is 0 Å². The van der Waals surface area contributed by atoms with Crippen LogP contribution in [0.25, 0.3) is 0 Å². The average molecular weight is 240 g/mol. The molecular formula is C13H18ClNO. The van der Waals surface area contributed by atoms with Crippen LogP contribution in [0.2, 0.25) is 5.02 Å². The van der Waals surface area contributed by atoms with Crippen LogP contribution in [0.3, 0.4) is 0 Å². The fraction of sp³-hybridized carbons (Fsp3) is 0.538. The minimum absolute atomic E-state index is 0.0953.